The normalized spacial score (nSPS) is 13.6. The zero-order chi connectivity index (χ0) is 18.6. The summed E-state index contributed by atoms with van der Waals surface area (Å²) >= 11 is 0. The number of nitrogens with zero attached hydrogens (tertiary/aromatic N) is 3. The maximum atomic E-state index is 13.3. The third-order valence-electron chi connectivity index (χ3n) is 4.47. The summed E-state index contributed by atoms with van der Waals surface area (Å²) in [5, 5.41) is 6.16. The van der Waals surface area contributed by atoms with Crippen LogP contribution in [0.4, 0.5) is 37.5 Å². The van der Waals surface area contributed by atoms with Crippen molar-refractivity contribution in [2.75, 3.05) is 28.6 Å². The van der Waals surface area contributed by atoms with Crippen molar-refractivity contribution in [3.05, 3.63) is 66.5 Å². The second-order valence-corrected chi connectivity index (χ2v) is 6.41. The van der Waals surface area contributed by atoms with Crippen LogP contribution >= 0.6 is 0 Å². The molecular weight excluding hydrogens is 348 g/mol. The van der Waals surface area contributed by atoms with Crippen molar-refractivity contribution in [3.8, 4) is 0 Å². The van der Waals surface area contributed by atoms with Gasteiger partial charge in [-0.15, -0.1) is 0 Å². The molecule has 0 spiro atoms. The van der Waals surface area contributed by atoms with Gasteiger partial charge in [-0.25, -0.2) is 18.7 Å². The Morgan fingerprint density at radius 3 is 2.04 bits per heavy atom. The van der Waals surface area contributed by atoms with Gasteiger partial charge in [-0.05, 0) is 49.2 Å². The van der Waals surface area contributed by atoms with E-state index in [1.807, 2.05) is 12.1 Å². The minimum atomic E-state index is -0.912. The average Bonchev–Trinajstić information content (AvgIpc) is 3.21. The van der Waals surface area contributed by atoms with E-state index in [0.29, 0.717) is 17.3 Å². The van der Waals surface area contributed by atoms with E-state index >= 15 is 0 Å². The van der Waals surface area contributed by atoms with Gasteiger partial charge in [0.1, 0.15) is 18.0 Å². The fourth-order valence-electron chi connectivity index (χ4n) is 3.09. The summed E-state index contributed by atoms with van der Waals surface area (Å²) < 4.78 is 26.4. The Labute approximate surface area is 156 Å². The molecule has 1 aliphatic rings. The zero-order valence-corrected chi connectivity index (χ0v) is 14.6. The predicted octanol–water partition coefficient (Wildman–Crippen LogP) is 4.84. The maximum absolute atomic E-state index is 13.3. The fraction of sp³-hybridized carbons (Fsp3) is 0.200. The number of hydrogen-bond acceptors (Lipinski definition) is 5. The SMILES string of the molecule is Fc1ccc(Nc2cc(Nc3ccc(N4CCCC4)cc3)ncn2)cc1F. The molecule has 4 rings (SSSR count). The summed E-state index contributed by atoms with van der Waals surface area (Å²) in [5.41, 5.74) is 2.55. The minimum Gasteiger partial charge on any atom is -0.372 e. The van der Waals surface area contributed by atoms with E-state index in [9.17, 15) is 8.78 Å². The first-order valence-electron chi connectivity index (χ1n) is 8.83. The minimum absolute atomic E-state index is 0.411. The number of anilines is 5. The molecule has 1 aromatic heterocycles. The molecule has 2 N–H and O–H groups in total. The van der Waals surface area contributed by atoms with E-state index < -0.39 is 11.6 Å². The van der Waals surface area contributed by atoms with Crippen LogP contribution in [0, 0.1) is 11.6 Å². The molecule has 1 aliphatic heterocycles. The monoisotopic (exact) mass is 367 g/mol. The Balaban J connectivity index is 1.45. The summed E-state index contributed by atoms with van der Waals surface area (Å²) in [6.45, 7) is 2.22. The molecule has 0 atom stereocenters. The third kappa shape index (κ3) is 4.13. The summed E-state index contributed by atoms with van der Waals surface area (Å²) in [6, 6.07) is 13.5. The van der Waals surface area contributed by atoms with Crippen molar-refractivity contribution in [1.29, 1.82) is 0 Å². The van der Waals surface area contributed by atoms with E-state index in [4.69, 9.17) is 0 Å². The van der Waals surface area contributed by atoms with E-state index in [0.717, 1.165) is 30.9 Å². The molecule has 7 heteroatoms. The Hall–Kier alpha value is -3.22. The number of rotatable bonds is 5. The van der Waals surface area contributed by atoms with Crippen molar-refractivity contribution < 1.29 is 8.78 Å². The predicted molar refractivity (Wildman–Crippen MR) is 103 cm³/mol. The van der Waals surface area contributed by atoms with Crippen LogP contribution < -0.4 is 15.5 Å². The van der Waals surface area contributed by atoms with Gasteiger partial charge in [0.2, 0.25) is 0 Å². The van der Waals surface area contributed by atoms with Gasteiger partial charge in [0.05, 0.1) is 0 Å². The van der Waals surface area contributed by atoms with Crippen molar-refractivity contribution in [3.63, 3.8) is 0 Å². The van der Waals surface area contributed by atoms with Gasteiger partial charge in [0, 0.05) is 42.3 Å². The van der Waals surface area contributed by atoms with Gasteiger partial charge in [-0.1, -0.05) is 0 Å². The van der Waals surface area contributed by atoms with Gasteiger partial charge in [0.25, 0.3) is 0 Å². The van der Waals surface area contributed by atoms with Crippen LogP contribution in [0.15, 0.2) is 54.9 Å². The van der Waals surface area contributed by atoms with Gasteiger partial charge in [0.15, 0.2) is 11.6 Å². The highest BCUT2D eigenvalue weighted by Gasteiger charge is 2.12. The molecule has 0 saturated carbocycles. The highest BCUT2D eigenvalue weighted by molar-refractivity contribution is 5.64. The second kappa shape index (κ2) is 7.57. The number of halogens is 2. The molecule has 1 fully saturated rings. The first kappa shape index (κ1) is 17.2. The van der Waals surface area contributed by atoms with Gasteiger partial charge in [-0.3, -0.25) is 0 Å². The Morgan fingerprint density at radius 1 is 0.741 bits per heavy atom. The molecule has 27 heavy (non-hydrogen) atoms. The van der Waals surface area contributed by atoms with Crippen LogP contribution in [0.3, 0.4) is 0 Å². The smallest absolute Gasteiger partial charge is 0.160 e. The second-order valence-electron chi connectivity index (χ2n) is 6.41. The number of aromatic nitrogens is 2. The van der Waals surface area contributed by atoms with Gasteiger partial charge < -0.3 is 15.5 Å². The van der Waals surface area contributed by atoms with Crippen LogP contribution in [0.5, 0.6) is 0 Å². The van der Waals surface area contributed by atoms with Crippen molar-refractivity contribution in [1.82, 2.24) is 9.97 Å². The van der Waals surface area contributed by atoms with Crippen LogP contribution in [-0.2, 0) is 0 Å². The molecule has 1 saturated heterocycles. The van der Waals surface area contributed by atoms with E-state index in [1.165, 1.54) is 30.9 Å². The number of nitrogens with one attached hydrogen (secondary N) is 2. The van der Waals surface area contributed by atoms with Crippen molar-refractivity contribution >= 4 is 28.7 Å². The summed E-state index contributed by atoms with van der Waals surface area (Å²) in [7, 11) is 0. The molecule has 2 aromatic carbocycles. The van der Waals surface area contributed by atoms with E-state index in [1.54, 1.807) is 6.07 Å². The fourth-order valence-corrected chi connectivity index (χ4v) is 3.09. The molecule has 0 unspecified atom stereocenters. The summed E-state index contributed by atoms with van der Waals surface area (Å²) in [6.07, 6.45) is 3.90. The topological polar surface area (TPSA) is 53.1 Å². The molecule has 138 valence electrons. The molecule has 0 radical (unpaired) electrons. The Kier molecular flexibility index (Phi) is 4.82. The average molecular weight is 367 g/mol. The molecule has 0 bridgehead atoms. The van der Waals surface area contributed by atoms with Crippen molar-refractivity contribution in [2.24, 2.45) is 0 Å². The standard InChI is InChI=1S/C20H19F2N5/c21-17-8-5-15(11-18(17)22)26-20-12-19(23-13-24-20)25-14-3-6-16(7-4-14)27-9-1-2-10-27/h3-8,11-13H,1-2,9-10H2,(H2,23,24,25,26). The van der Waals surface area contributed by atoms with Crippen LogP contribution in [0.2, 0.25) is 0 Å². The Morgan fingerprint density at radius 2 is 1.37 bits per heavy atom. The lowest BCUT2D eigenvalue weighted by atomic mass is 10.2. The van der Waals surface area contributed by atoms with Crippen LogP contribution in [0.25, 0.3) is 0 Å². The maximum Gasteiger partial charge on any atom is 0.160 e. The number of benzene rings is 2. The lowest BCUT2D eigenvalue weighted by molar-refractivity contribution is 0.509. The molecule has 2 heterocycles. The summed E-state index contributed by atoms with van der Waals surface area (Å²) in [5.74, 6) is -0.718. The molecule has 3 aromatic rings. The molecule has 5 nitrogen and oxygen atoms in total. The lowest BCUT2D eigenvalue weighted by Gasteiger charge is -2.18. The largest absolute Gasteiger partial charge is 0.372 e. The van der Waals surface area contributed by atoms with E-state index in [2.05, 4.69) is 37.6 Å². The van der Waals surface area contributed by atoms with Gasteiger partial charge >= 0.3 is 0 Å². The first-order chi connectivity index (χ1) is 13.2. The van der Waals surface area contributed by atoms with Crippen LogP contribution in [-0.4, -0.2) is 23.1 Å². The number of hydrogen-bond donors (Lipinski definition) is 2. The van der Waals surface area contributed by atoms with Gasteiger partial charge in [-0.2, -0.15) is 0 Å². The molecular formula is C20H19F2N5. The molecule has 0 aliphatic carbocycles. The van der Waals surface area contributed by atoms with E-state index in [-0.39, 0.29) is 0 Å². The van der Waals surface area contributed by atoms with Crippen molar-refractivity contribution in [2.45, 2.75) is 12.8 Å². The quantitative estimate of drug-likeness (QED) is 0.676. The summed E-state index contributed by atoms with van der Waals surface area (Å²) in [4.78, 5) is 10.7. The lowest BCUT2D eigenvalue weighted by Crippen LogP contribution is -2.17. The third-order valence-corrected chi connectivity index (χ3v) is 4.47. The molecule has 0 amide bonds. The highest BCUT2D eigenvalue weighted by atomic mass is 19.2. The Bertz CT molecular complexity index is 924. The highest BCUT2D eigenvalue weighted by Crippen LogP contribution is 2.24. The van der Waals surface area contributed by atoms with Crippen LogP contribution in [0.1, 0.15) is 12.8 Å². The first-order valence-corrected chi connectivity index (χ1v) is 8.83. The zero-order valence-electron chi connectivity index (χ0n) is 14.6.